The summed E-state index contributed by atoms with van der Waals surface area (Å²) >= 11 is 6.29. The van der Waals surface area contributed by atoms with Gasteiger partial charge in [0, 0.05) is 18.5 Å². The number of carbonyl (C=O) groups excluding carboxylic acids is 2. The minimum absolute atomic E-state index is 0.0953. The predicted octanol–water partition coefficient (Wildman–Crippen LogP) is 3.29. The Labute approximate surface area is 154 Å². The van der Waals surface area contributed by atoms with Crippen LogP contribution in [0.5, 0.6) is 0 Å². The van der Waals surface area contributed by atoms with Crippen LogP contribution in [-0.2, 0) is 9.59 Å². The first kappa shape index (κ1) is 16.6. The highest BCUT2D eigenvalue weighted by Crippen LogP contribution is 2.35. The SMILES string of the molecule is Cc1ccc2oc(-c3ccc(Cl)c(N4C[C@H](C(N)=O)CC4=O)c3)nc2c1. The molecule has 4 rings (SSSR count). The number of rotatable bonds is 3. The number of oxazole rings is 1. The molecule has 3 aromatic rings. The molecule has 2 heterocycles. The van der Waals surface area contributed by atoms with Crippen molar-refractivity contribution in [3.63, 3.8) is 0 Å². The summed E-state index contributed by atoms with van der Waals surface area (Å²) < 4.78 is 5.82. The van der Waals surface area contributed by atoms with Crippen LogP contribution in [-0.4, -0.2) is 23.3 Å². The number of carbonyl (C=O) groups is 2. The molecule has 2 aromatic carbocycles. The fourth-order valence-corrected chi connectivity index (χ4v) is 3.36. The highest BCUT2D eigenvalue weighted by molar-refractivity contribution is 6.34. The van der Waals surface area contributed by atoms with Crippen LogP contribution in [0.2, 0.25) is 5.02 Å². The monoisotopic (exact) mass is 369 g/mol. The Morgan fingerprint density at radius 2 is 2.12 bits per heavy atom. The van der Waals surface area contributed by atoms with Crippen LogP contribution in [0, 0.1) is 12.8 Å². The molecule has 0 unspecified atom stereocenters. The summed E-state index contributed by atoms with van der Waals surface area (Å²) in [5, 5.41) is 0.416. The van der Waals surface area contributed by atoms with E-state index in [9.17, 15) is 9.59 Å². The molecule has 2 amide bonds. The lowest BCUT2D eigenvalue weighted by Crippen LogP contribution is -2.28. The van der Waals surface area contributed by atoms with Crippen LogP contribution >= 0.6 is 11.6 Å². The summed E-state index contributed by atoms with van der Waals surface area (Å²) in [6.45, 7) is 2.21. The highest BCUT2D eigenvalue weighted by atomic mass is 35.5. The molecule has 7 heteroatoms. The van der Waals surface area contributed by atoms with Gasteiger partial charge in [-0.25, -0.2) is 4.98 Å². The Bertz CT molecular complexity index is 1040. The van der Waals surface area contributed by atoms with Crippen molar-refractivity contribution in [2.75, 3.05) is 11.4 Å². The minimum atomic E-state index is -0.505. The van der Waals surface area contributed by atoms with Gasteiger partial charge in [0.15, 0.2) is 5.58 Å². The predicted molar refractivity (Wildman–Crippen MR) is 98.8 cm³/mol. The third-order valence-corrected chi connectivity index (χ3v) is 4.87. The summed E-state index contributed by atoms with van der Waals surface area (Å²) in [7, 11) is 0. The number of primary amides is 1. The lowest BCUT2D eigenvalue weighted by molar-refractivity contribution is -0.123. The fourth-order valence-electron chi connectivity index (χ4n) is 3.14. The van der Waals surface area contributed by atoms with Gasteiger partial charge in [0.05, 0.1) is 16.6 Å². The van der Waals surface area contributed by atoms with E-state index in [0.717, 1.165) is 11.1 Å². The molecule has 1 saturated heterocycles. The maximum Gasteiger partial charge on any atom is 0.227 e. The van der Waals surface area contributed by atoms with Gasteiger partial charge in [0.25, 0.3) is 0 Å². The van der Waals surface area contributed by atoms with Gasteiger partial charge in [-0.3, -0.25) is 9.59 Å². The molecule has 0 spiro atoms. The van der Waals surface area contributed by atoms with E-state index < -0.39 is 11.8 Å². The second-order valence-electron chi connectivity index (χ2n) is 6.46. The first-order valence-electron chi connectivity index (χ1n) is 8.19. The van der Waals surface area contributed by atoms with Crippen LogP contribution in [0.25, 0.3) is 22.6 Å². The number of hydrogen-bond donors (Lipinski definition) is 1. The summed E-state index contributed by atoms with van der Waals surface area (Å²) in [6.07, 6.45) is 0.0953. The Kier molecular flexibility index (Phi) is 3.92. The number of anilines is 1. The van der Waals surface area contributed by atoms with E-state index in [-0.39, 0.29) is 18.9 Å². The van der Waals surface area contributed by atoms with Gasteiger partial charge in [0.2, 0.25) is 17.7 Å². The van der Waals surface area contributed by atoms with Crippen LogP contribution in [0.15, 0.2) is 40.8 Å². The van der Waals surface area contributed by atoms with Crippen molar-refractivity contribution in [1.29, 1.82) is 0 Å². The third-order valence-electron chi connectivity index (χ3n) is 4.55. The van der Waals surface area contributed by atoms with Gasteiger partial charge in [-0.2, -0.15) is 0 Å². The molecule has 6 nitrogen and oxygen atoms in total. The zero-order valence-electron chi connectivity index (χ0n) is 14.0. The van der Waals surface area contributed by atoms with E-state index in [4.69, 9.17) is 21.8 Å². The number of fused-ring (bicyclic) bond motifs is 1. The van der Waals surface area contributed by atoms with Crippen LogP contribution in [0.4, 0.5) is 5.69 Å². The fraction of sp³-hybridized carbons (Fsp3) is 0.211. The highest BCUT2D eigenvalue weighted by Gasteiger charge is 2.35. The van der Waals surface area contributed by atoms with Crippen molar-refractivity contribution < 1.29 is 14.0 Å². The molecule has 1 aliphatic rings. The first-order valence-corrected chi connectivity index (χ1v) is 8.57. The van der Waals surface area contributed by atoms with Crippen molar-refractivity contribution in [3.8, 4) is 11.5 Å². The molecule has 0 saturated carbocycles. The van der Waals surface area contributed by atoms with Gasteiger partial charge >= 0.3 is 0 Å². The van der Waals surface area contributed by atoms with Crippen LogP contribution in [0.1, 0.15) is 12.0 Å². The molecular formula is C19H16ClN3O3. The van der Waals surface area contributed by atoms with E-state index in [1.165, 1.54) is 4.90 Å². The van der Waals surface area contributed by atoms with Crippen molar-refractivity contribution in [2.24, 2.45) is 11.7 Å². The van der Waals surface area contributed by atoms with Gasteiger partial charge in [-0.1, -0.05) is 17.7 Å². The lowest BCUT2D eigenvalue weighted by Gasteiger charge is -2.18. The van der Waals surface area contributed by atoms with Crippen LogP contribution < -0.4 is 10.6 Å². The van der Waals surface area contributed by atoms with E-state index in [1.807, 2.05) is 25.1 Å². The second kappa shape index (κ2) is 6.14. The van der Waals surface area contributed by atoms with Gasteiger partial charge in [0.1, 0.15) is 5.52 Å². The van der Waals surface area contributed by atoms with E-state index in [0.29, 0.717) is 27.7 Å². The summed E-state index contributed by atoms with van der Waals surface area (Å²) in [5.41, 5.74) is 9.11. The zero-order chi connectivity index (χ0) is 18.4. The Morgan fingerprint density at radius 1 is 1.31 bits per heavy atom. The van der Waals surface area contributed by atoms with Crippen molar-refractivity contribution >= 4 is 40.2 Å². The minimum Gasteiger partial charge on any atom is -0.436 e. The number of nitrogens with two attached hydrogens (primary N) is 1. The molecule has 0 radical (unpaired) electrons. The largest absolute Gasteiger partial charge is 0.436 e. The van der Waals surface area contributed by atoms with Gasteiger partial charge in [-0.15, -0.1) is 0 Å². The smallest absolute Gasteiger partial charge is 0.227 e. The maximum atomic E-state index is 12.3. The van der Waals surface area contributed by atoms with Crippen LogP contribution in [0.3, 0.4) is 0 Å². The topological polar surface area (TPSA) is 89.4 Å². The number of halogens is 1. The van der Waals surface area contributed by atoms with E-state index in [1.54, 1.807) is 18.2 Å². The van der Waals surface area contributed by atoms with Gasteiger partial charge < -0.3 is 15.1 Å². The molecule has 132 valence electrons. The number of aryl methyl sites for hydroxylation is 1. The average Bonchev–Trinajstić information content (AvgIpc) is 3.18. The van der Waals surface area contributed by atoms with Crippen molar-refractivity contribution in [1.82, 2.24) is 4.98 Å². The summed E-state index contributed by atoms with van der Waals surface area (Å²) in [5.74, 6) is -0.723. The molecular weight excluding hydrogens is 354 g/mol. The molecule has 0 aliphatic carbocycles. The normalized spacial score (nSPS) is 17.2. The Hall–Kier alpha value is -2.86. The lowest BCUT2D eigenvalue weighted by atomic mass is 10.1. The Morgan fingerprint density at radius 3 is 2.85 bits per heavy atom. The molecule has 26 heavy (non-hydrogen) atoms. The van der Waals surface area contributed by atoms with E-state index >= 15 is 0 Å². The first-order chi connectivity index (χ1) is 12.4. The number of nitrogens with zero attached hydrogens (tertiary/aromatic N) is 2. The Balaban J connectivity index is 1.74. The molecule has 1 aliphatic heterocycles. The molecule has 1 fully saturated rings. The molecule has 1 aromatic heterocycles. The van der Waals surface area contributed by atoms with Crippen molar-refractivity contribution in [2.45, 2.75) is 13.3 Å². The molecule has 1 atom stereocenters. The zero-order valence-corrected chi connectivity index (χ0v) is 14.8. The molecule has 2 N–H and O–H groups in total. The summed E-state index contributed by atoms with van der Waals surface area (Å²) in [4.78, 5) is 29.7. The number of aromatic nitrogens is 1. The quantitative estimate of drug-likeness (QED) is 0.767. The number of amides is 2. The number of benzene rings is 2. The number of hydrogen-bond acceptors (Lipinski definition) is 4. The maximum absolute atomic E-state index is 12.3. The summed E-state index contributed by atoms with van der Waals surface area (Å²) in [6, 6.07) is 11.0. The standard InChI is InChI=1S/C19H16ClN3O3/c1-10-2-5-16-14(6-10)22-19(26-16)11-3-4-13(20)15(7-11)23-9-12(18(21)25)8-17(23)24/h2-7,12H,8-9H2,1H3,(H2,21,25)/t12-/m1/s1. The average molecular weight is 370 g/mol. The van der Waals surface area contributed by atoms with Crippen molar-refractivity contribution in [3.05, 3.63) is 47.0 Å². The van der Waals surface area contributed by atoms with E-state index in [2.05, 4.69) is 4.98 Å². The molecule has 0 bridgehead atoms. The second-order valence-corrected chi connectivity index (χ2v) is 6.87. The van der Waals surface area contributed by atoms with Gasteiger partial charge in [-0.05, 0) is 42.8 Å². The third kappa shape index (κ3) is 2.82.